The molecule has 0 amide bonds. The Kier molecular flexibility index (Phi) is 2.46. The summed E-state index contributed by atoms with van der Waals surface area (Å²) < 4.78 is 1.69. The number of nitrogens with two attached hydrogens (primary N) is 1. The van der Waals surface area contributed by atoms with E-state index in [0.717, 1.165) is 22.3 Å². The van der Waals surface area contributed by atoms with Crippen LogP contribution in [0.4, 0.5) is 0 Å². The first-order valence-electron chi connectivity index (χ1n) is 5.60. The summed E-state index contributed by atoms with van der Waals surface area (Å²) in [7, 11) is 0. The number of aromatic hydroxyl groups is 1. The second kappa shape index (κ2) is 4.12. The standard InChI is InChI=1S/C13H12N4O/c14-6-9-4-10-8-16-17(13(10)15-7-9)11-2-1-3-12(18)5-11/h1-5,7-8,18H,6,14H2. The minimum Gasteiger partial charge on any atom is -0.508 e. The van der Waals surface area contributed by atoms with Gasteiger partial charge in [-0.05, 0) is 23.8 Å². The molecular weight excluding hydrogens is 228 g/mol. The van der Waals surface area contributed by atoms with E-state index in [0.29, 0.717) is 6.54 Å². The molecule has 0 aliphatic carbocycles. The van der Waals surface area contributed by atoms with Gasteiger partial charge in [-0.1, -0.05) is 6.07 Å². The third kappa shape index (κ3) is 1.70. The van der Waals surface area contributed by atoms with E-state index in [4.69, 9.17) is 5.73 Å². The lowest BCUT2D eigenvalue weighted by molar-refractivity contribution is 0.475. The van der Waals surface area contributed by atoms with Gasteiger partial charge in [0.05, 0.1) is 11.9 Å². The van der Waals surface area contributed by atoms with Gasteiger partial charge in [-0.3, -0.25) is 0 Å². The number of pyridine rings is 1. The molecule has 0 fully saturated rings. The van der Waals surface area contributed by atoms with Gasteiger partial charge in [-0.15, -0.1) is 0 Å². The second-order valence-corrected chi connectivity index (χ2v) is 4.04. The lowest BCUT2D eigenvalue weighted by atomic mass is 10.2. The Hall–Kier alpha value is -2.40. The van der Waals surface area contributed by atoms with Crippen LogP contribution in [0.2, 0.25) is 0 Å². The monoisotopic (exact) mass is 240 g/mol. The molecule has 0 bridgehead atoms. The van der Waals surface area contributed by atoms with Crippen LogP contribution < -0.4 is 5.73 Å². The van der Waals surface area contributed by atoms with Crippen LogP contribution in [-0.4, -0.2) is 19.9 Å². The van der Waals surface area contributed by atoms with Gasteiger partial charge in [0.1, 0.15) is 5.75 Å². The lowest BCUT2D eigenvalue weighted by Gasteiger charge is -2.03. The van der Waals surface area contributed by atoms with Crippen molar-refractivity contribution in [2.24, 2.45) is 5.73 Å². The predicted molar refractivity (Wildman–Crippen MR) is 68.4 cm³/mol. The van der Waals surface area contributed by atoms with E-state index in [1.54, 1.807) is 35.3 Å². The SMILES string of the molecule is NCc1cnc2c(cnn2-c2cccc(O)c2)c1. The van der Waals surface area contributed by atoms with Crippen molar-refractivity contribution in [1.29, 1.82) is 0 Å². The zero-order valence-corrected chi connectivity index (χ0v) is 9.61. The predicted octanol–water partition coefficient (Wildman–Crippen LogP) is 1.58. The first-order valence-corrected chi connectivity index (χ1v) is 5.60. The summed E-state index contributed by atoms with van der Waals surface area (Å²) in [5.74, 6) is 0.203. The number of phenolic OH excluding ortho intramolecular Hbond substituents is 1. The van der Waals surface area contributed by atoms with Crippen LogP contribution in [-0.2, 0) is 6.54 Å². The van der Waals surface area contributed by atoms with Crippen molar-refractivity contribution in [3.05, 3.63) is 48.3 Å². The quantitative estimate of drug-likeness (QED) is 0.713. The number of phenols is 1. The Labute approximate surface area is 103 Å². The van der Waals surface area contributed by atoms with Crippen LogP contribution in [0.15, 0.2) is 42.7 Å². The van der Waals surface area contributed by atoms with Crippen LogP contribution in [0.3, 0.4) is 0 Å². The third-order valence-electron chi connectivity index (χ3n) is 2.77. The summed E-state index contributed by atoms with van der Waals surface area (Å²) in [5.41, 5.74) is 8.07. The minimum atomic E-state index is 0.203. The average Bonchev–Trinajstić information content (AvgIpc) is 2.81. The zero-order valence-electron chi connectivity index (χ0n) is 9.61. The topological polar surface area (TPSA) is 77.0 Å². The molecule has 2 aromatic heterocycles. The van der Waals surface area contributed by atoms with Crippen LogP contribution in [0.1, 0.15) is 5.56 Å². The highest BCUT2D eigenvalue weighted by atomic mass is 16.3. The fourth-order valence-corrected chi connectivity index (χ4v) is 1.89. The van der Waals surface area contributed by atoms with Gasteiger partial charge in [0.2, 0.25) is 0 Å². The maximum absolute atomic E-state index is 9.49. The van der Waals surface area contributed by atoms with Gasteiger partial charge in [-0.2, -0.15) is 5.10 Å². The summed E-state index contributed by atoms with van der Waals surface area (Å²) in [5, 5.41) is 14.7. The Morgan fingerprint density at radius 2 is 2.11 bits per heavy atom. The van der Waals surface area contributed by atoms with Crippen molar-refractivity contribution in [2.45, 2.75) is 6.54 Å². The van der Waals surface area contributed by atoms with E-state index in [1.807, 2.05) is 12.1 Å². The molecule has 0 saturated heterocycles. The second-order valence-electron chi connectivity index (χ2n) is 4.04. The normalized spacial score (nSPS) is 10.9. The van der Waals surface area contributed by atoms with Crippen molar-refractivity contribution in [2.75, 3.05) is 0 Å². The average molecular weight is 240 g/mol. The van der Waals surface area contributed by atoms with Gasteiger partial charge >= 0.3 is 0 Å². The smallest absolute Gasteiger partial charge is 0.162 e. The van der Waals surface area contributed by atoms with E-state index in [1.165, 1.54) is 0 Å². The summed E-state index contributed by atoms with van der Waals surface area (Å²) in [6.45, 7) is 0.459. The molecule has 90 valence electrons. The molecule has 0 aliphatic heterocycles. The zero-order chi connectivity index (χ0) is 12.5. The summed E-state index contributed by atoms with van der Waals surface area (Å²) >= 11 is 0. The number of hydrogen-bond acceptors (Lipinski definition) is 4. The lowest BCUT2D eigenvalue weighted by Crippen LogP contribution is -1.99. The Morgan fingerprint density at radius 1 is 1.22 bits per heavy atom. The van der Waals surface area contributed by atoms with Crippen LogP contribution in [0.5, 0.6) is 5.75 Å². The molecule has 0 atom stereocenters. The molecular formula is C13H12N4O. The van der Waals surface area contributed by atoms with Crippen molar-refractivity contribution >= 4 is 11.0 Å². The maximum Gasteiger partial charge on any atom is 0.162 e. The summed E-state index contributed by atoms with van der Waals surface area (Å²) in [4.78, 5) is 4.36. The molecule has 5 nitrogen and oxygen atoms in total. The third-order valence-corrected chi connectivity index (χ3v) is 2.77. The van der Waals surface area contributed by atoms with Gasteiger partial charge in [-0.25, -0.2) is 9.67 Å². The van der Waals surface area contributed by atoms with Gasteiger partial charge in [0.15, 0.2) is 5.65 Å². The Morgan fingerprint density at radius 3 is 2.89 bits per heavy atom. The van der Waals surface area contributed by atoms with Gasteiger partial charge in [0.25, 0.3) is 0 Å². The first-order chi connectivity index (χ1) is 8.78. The number of benzene rings is 1. The molecule has 1 aromatic carbocycles. The molecule has 0 spiro atoms. The van der Waals surface area contributed by atoms with Crippen molar-refractivity contribution < 1.29 is 5.11 Å². The molecule has 18 heavy (non-hydrogen) atoms. The van der Waals surface area contributed by atoms with Crippen molar-refractivity contribution in [1.82, 2.24) is 14.8 Å². The minimum absolute atomic E-state index is 0.203. The van der Waals surface area contributed by atoms with Crippen LogP contribution >= 0.6 is 0 Å². The van der Waals surface area contributed by atoms with Crippen LogP contribution in [0, 0.1) is 0 Å². The number of hydrogen-bond donors (Lipinski definition) is 2. The molecule has 2 heterocycles. The molecule has 0 unspecified atom stereocenters. The van der Waals surface area contributed by atoms with Crippen molar-refractivity contribution in [3.8, 4) is 11.4 Å². The molecule has 3 rings (SSSR count). The van der Waals surface area contributed by atoms with Crippen LogP contribution in [0.25, 0.3) is 16.7 Å². The summed E-state index contributed by atoms with van der Waals surface area (Å²) in [6.07, 6.45) is 3.48. The van der Waals surface area contributed by atoms with E-state index >= 15 is 0 Å². The van der Waals surface area contributed by atoms with E-state index < -0.39 is 0 Å². The molecule has 5 heteroatoms. The fourth-order valence-electron chi connectivity index (χ4n) is 1.89. The number of aromatic nitrogens is 3. The molecule has 3 aromatic rings. The van der Waals surface area contributed by atoms with E-state index in [2.05, 4.69) is 10.1 Å². The maximum atomic E-state index is 9.49. The molecule has 0 saturated carbocycles. The number of nitrogens with zero attached hydrogens (tertiary/aromatic N) is 3. The molecule has 3 N–H and O–H groups in total. The highest BCUT2D eigenvalue weighted by molar-refractivity contribution is 5.76. The van der Waals surface area contributed by atoms with E-state index in [-0.39, 0.29) is 5.75 Å². The molecule has 0 radical (unpaired) electrons. The highest BCUT2D eigenvalue weighted by Gasteiger charge is 2.07. The Bertz CT molecular complexity index is 705. The largest absolute Gasteiger partial charge is 0.508 e. The first kappa shape index (κ1) is 10.7. The van der Waals surface area contributed by atoms with Gasteiger partial charge < -0.3 is 10.8 Å². The number of fused-ring (bicyclic) bond motifs is 1. The Balaban J connectivity index is 2.18. The van der Waals surface area contributed by atoms with Gasteiger partial charge in [0, 0.05) is 24.2 Å². The number of rotatable bonds is 2. The van der Waals surface area contributed by atoms with Crippen molar-refractivity contribution in [3.63, 3.8) is 0 Å². The fraction of sp³-hybridized carbons (Fsp3) is 0.0769. The molecule has 0 aliphatic rings. The summed E-state index contributed by atoms with van der Waals surface area (Å²) in [6, 6.07) is 8.87. The highest BCUT2D eigenvalue weighted by Crippen LogP contribution is 2.20. The van der Waals surface area contributed by atoms with E-state index in [9.17, 15) is 5.11 Å².